The molecule has 94 valence electrons. The van der Waals surface area contributed by atoms with Gasteiger partial charge in [-0.05, 0) is 25.7 Å². The van der Waals surface area contributed by atoms with Gasteiger partial charge in [0.15, 0.2) is 0 Å². The molecule has 0 aromatic heterocycles. The molecule has 0 aliphatic carbocycles. The smallest absolute Gasteiger partial charge is 0.0728 e. The molecule has 0 amide bonds. The Morgan fingerprint density at radius 1 is 1.31 bits per heavy atom. The molecule has 3 unspecified atom stereocenters. The SMILES string of the molecule is CC(C)C1CNCCN1C(C)C1CCCO1. The highest BCUT2D eigenvalue weighted by atomic mass is 16.5. The number of ether oxygens (including phenoxy) is 1. The summed E-state index contributed by atoms with van der Waals surface area (Å²) in [5.74, 6) is 0.719. The maximum atomic E-state index is 5.83. The summed E-state index contributed by atoms with van der Waals surface area (Å²) in [6, 6.07) is 1.25. The van der Waals surface area contributed by atoms with E-state index in [0.29, 0.717) is 18.2 Å². The standard InChI is InChI=1S/C13H26N2O/c1-10(2)12-9-14-6-7-15(12)11(3)13-5-4-8-16-13/h10-14H,4-9H2,1-3H3. The van der Waals surface area contributed by atoms with Crippen LogP contribution in [-0.4, -0.2) is 49.3 Å². The molecular formula is C13H26N2O. The molecular weight excluding hydrogens is 200 g/mol. The summed E-state index contributed by atoms with van der Waals surface area (Å²) in [7, 11) is 0. The van der Waals surface area contributed by atoms with Gasteiger partial charge in [0, 0.05) is 38.3 Å². The molecule has 3 nitrogen and oxygen atoms in total. The van der Waals surface area contributed by atoms with Crippen molar-refractivity contribution < 1.29 is 4.74 Å². The van der Waals surface area contributed by atoms with Crippen LogP contribution in [0.1, 0.15) is 33.6 Å². The summed E-state index contributed by atoms with van der Waals surface area (Å²) in [4.78, 5) is 2.66. The van der Waals surface area contributed by atoms with Gasteiger partial charge < -0.3 is 10.1 Å². The fourth-order valence-corrected chi connectivity index (χ4v) is 3.06. The van der Waals surface area contributed by atoms with Crippen molar-refractivity contribution in [2.24, 2.45) is 5.92 Å². The minimum atomic E-state index is 0.472. The second kappa shape index (κ2) is 5.48. The van der Waals surface area contributed by atoms with Gasteiger partial charge in [-0.1, -0.05) is 13.8 Å². The zero-order chi connectivity index (χ0) is 11.5. The minimum Gasteiger partial charge on any atom is -0.377 e. The lowest BCUT2D eigenvalue weighted by Crippen LogP contribution is -2.58. The lowest BCUT2D eigenvalue weighted by atomic mass is 9.96. The van der Waals surface area contributed by atoms with Crippen molar-refractivity contribution >= 4 is 0 Å². The molecule has 0 aromatic rings. The van der Waals surface area contributed by atoms with Crippen molar-refractivity contribution in [3.8, 4) is 0 Å². The largest absolute Gasteiger partial charge is 0.377 e. The van der Waals surface area contributed by atoms with Crippen molar-refractivity contribution in [3.63, 3.8) is 0 Å². The van der Waals surface area contributed by atoms with E-state index >= 15 is 0 Å². The number of nitrogens with zero attached hydrogens (tertiary/aromatic N) is 1. The summed E-state index contributed by atoms with van der Waals surface area (Å²) in [6.07, 6.45) is 2.96. The molecule has 2 heterocycles. The molecule has 1 N–H and O–H groups in total. The molecule has 0 aromatic carbocycles. The predicted octanol–water partition coefficient (Wildman–Crippen LogP) is 1.48. The number of nitrogens with one attached hydrogen (secondary N) is 1. The predicted molar refractivity (Wildman–Crippen MR) is 66.6 cm³/mol. The van der Waals surface area contributed by atoms with Crippen molar-refractivity contribution in [1.82, 2.24) is 10.2 Å². The second-order valence-corrected chi connectivity index (χ2v) is 5.55. The van der Waals surface area contributed by atoms with Crippen LogP contribution in [0.5, 0.6) is 0 Å². The van der Waals surface area contributed by atoms with Crippen LogP contribution >= 0.6 is 0 Å². The first-order valence-corrected chi connectivity index (χ1v) is 6.78. The molecule has 2 aliphatic rings. The van der Waals surface area contributed by atoms with Gasteiger partial charge in [-0.2, -0.15) is 0 Å². The quantitative estimate of drug-likeness (QED) is 0.789. The van der Waals surface area contributed by atoms with Crippen LogP contribution in [0, 0.1) is 5.92 Å². The summed E-state index contributed by atoms with van der Waals surface area (Å²) in [6.45, 7) is 11.4. The van der Waals surface area contributed by atoms with Crippen LogP contribution in [0.25, 0.3) is 0 Å². The molecule has 3 atom stereocenters. The second-order valence-electron chi connectivity index (χ2n) is 5.55. The molecule has 0 bridgehead atoms. The van der Waals surface area contributed by atoms with Crippen LogP contribution < -0.4 is 5.32 Å². The van der Waals surface area contributed by atoms with Gasteiger partial charge in [-0.3, -0.25) is 4.90 Å². The third-order valence-corrected chi connectivity index (χ3v) is 4.12. The Bertz CT molecular complexity index is 214. The van der Waals surface area contributed by atoms with E-state index in [1.165, 1.54) is 19.4 Å². The van der Waals surface area contributed by atoms with Crippen molar-refractivity contribution in [2.75, 3.05) is 26.2 Å². The van der Waals surface area contributed by atoms with Crippen LogP contribution in [0.2, 0.25) is 0 Å². The first-order valence-electron chi connectivity index (χ1n) is 6.78. The van der Waals surface area contributed by atoms with Crippen molar-refractivity contribution in [2.45, 2.75) is 51.8 Å². The third-order valence-electron chi connectivity index (χ3n) is 4.12. The summed E-state index contributed by atoms with van der Waals surface area (Å²) >= 11 is 0. The Balaban J connectivity index is 1.98. The molecule has 2 saturated heterocycles. The van der Waals surface area contributed by atoms with E-state index in [1.54, 1.807) is 0 Å². The van der Waals surface area contributed by atoms with E-state index in [1.807, 2.05) is 0 Å². The van der Waals surface area contributed by atoms with Gasteiger partial charge in [-0.25, -0.2) is 0 Å². The lowest BCUT2D eigenvalue weighted by Gasteiger charge is -2.44. The highest BCUT2D eigenvalue weighted by Crippen LogP contribution is 2.24. The highest BCUT2D eigenvalue weighted by molar-refractivity contribution is 4.89. The minimum absolute atomic E-state index is 0.472. The first kappa shape index (κ1) is 12.3. The van der Waals surface area contributed by atoms with Gasteiger partial charge in [-0.15, -0.1) is 0 Å². The van der Waals surface area contributed by atoms with E-state index in [9.17, 15) is 0 Å². The van der Waals surface area contributed by atoms with E-state index in [0.717, 1.165) is 25.6 Å². The van der Waals surface area contributed by atoms with E-state index in [2.05, 4.69) is 31.0 Å². The maximum Gasteiger partial charge on any atom is 0.0728 e. The average molecular weight is 226 g/mol. The zero-order valence-corrected chi connectivity index (χ0v) is 10.9. The van der Waals surface area contributed by atoms with Crippen molar-refractivity contribution in [3.05, 3.63) is 0 Å². The number of hydrogen-bond acceptors (Lipinski definition) is 3. The Morgan fingerprint density at radius 3 is 2.75 bits per heavy atom. The molecule has 2 fully saturated rings. The molecule has 2 rings (SSSR count). The monoisotopic (exact) mass is 226 g/mol. The summed E-state index contributed by atoms with van der Waals surface area (Å²) in [5.41, 5.74) is 0. The molecule has 0 saturated carbocycles. The number of rotatable bonds is 3. The molecule has 0 spiro atoms. The molecule has 3 heteroatoms. The topological polar surface area (TPSA) is 24.5 Å². The Morgan fingerprint density at radius 2 is 2.12 bits per heavy atom. The molecule has 16 heavy (non-hydrogen) atoms. The lowest BCUT2D eigenvalue weighted by molar-refractivity contribution is -0.00610. The maximum absolute atomic E-state index is 5.83. The van der Waals surface area contributed by atoms with Gasteiger partial charge >= 0.3 is 0 Å². The van der Waals surface area contributed by atoms with E-state index in [-0.39, 0.29) is 0 Å². The summed E-state index contributed by atoms with van der Waals surface area (Å²) < 4.78 is 5.83. The average Bonchev–Trinajstić information content (AvgIpc) is 2.81. The van der Waals surface area contributed by atoms with Gasteiger partial charge in [0.05, 0.1) is 6.10 Å². The van der Waals surface area contributed by atoms with Crippen molar-refractivity contribution in [1.29, 1.82) is 0 Å². The van der Waals surface area contributed by atoms with Crippen LogP contribution in [0.4, 0.5) is 0 Å². The highest BCUT2D eigenvalue weighted by Gasteiger charge is 2.34. The normalized spacial score (nSPS) is 34.5. The van der Waals surface area contributed by atoms with E-state index < -0.39 is 0 Å². The third kappa shape index (κ3) is 2.58. The van der Waals surface area contributed by atoms with Crippen LogP contribution in [0.3, 0.4) is 0 Å². The molecule has 0 radical (unpaired) electrons. The van der Waals surface area contributed by atoms with Crippen LogP contribution in [-0.2, 0) is 4.74 Å². The zero-order valence-electron chi connectivity index (χ0n) is 10.9. The molecule has 2 aliphatic heterocycles. The Kier molecular flexibility index (Phi) is 4.22. The number of piperazine rings is 1. The first-order chi connectivity index (χ1) is 7.70. The number of hydrogen-bond donors (Lipinski definition) is 1. The van der Waals surface area contributed by atoms with Gasteiger partial charge in [0.1, 0.15) is 0 Å². The van der Waals surface area contributed by atoms with Crippen LogP contribution in [0.15, 0.2) is 0 Å². The fourth-order valence-electron chi connectivity index (χ4n) is 3.06. The summed E-state index contributed by atoms with van der Waals surface area (Å²) in [5, 5.41) is 3.51. The van der Waals surface area contributed by atoms with Gasteiger partial charge in [0.2, 0.25) is 0 Å². The van der Waals surface area contributed by atoms with Gasteiger partial charge in [0.25, 0.3) is 0 Å². The Hall–Kier alpha value is -0.120. The Labute approximate surface area is 99.5 Å². The fraction of sp³-hybridized carbons (Fsp3) is 1.00. The van der Waals surface area contributed by atoms with E-state index in [4.69, 9.17) is 4.74 Å².